The van der Waals surface area contributed by atoms with Crippen molar-refractivity contribution >= 4 is 15.9 Å². The zero-order valence-electron chi connectivity index (χ0n) is 11.3. The molecule has 0 spiro atoms. The molecule has 1 nitrogen and oxygen atoms in total. The highest BCUT2D eigenvalue weighted by Gasteiger charge is 1.97. The summed E-state index contributed by atoms with van der Waals surface area (Å²) in [5, 5.41) is 3.50. The highest BCUT2D eigenvalue weighted by Crippen LogP contribution is 2.17. The smallest absolute Gasteiger partial charge is 0.0207 e. The van der Waals surface area contributed by atoms with Gasteiger partial charge < -0.3 is 5.32 Å². The first-order valence-electron chi connectivity index (χ1n) is 6.75. The number of aryl methyl sites for hydroxylation is 2. The Morgan fingerprint density at radius 1 is 1.00 bits per heavy atom. The van der Waals surface area contributed by atoms with Crippen molar-refractivity contribution < 1.29 is 0 Å². The van der Waals surface area contributed by atoms with Gasteiger partial charge in [0.1, 0.15) is 0 Å². The van der Waals surface area contributed by atoms with E-state index >= 15 is 0 Å². The first-order chi connectivity index (χ1) is 9.25. The van der Waals surface area contributed by atoms with Crippen LogP contribution in [0.5, 0.6) is 0 Å². The minimum Gasteiger partial charge on any atom is -0.313 e. The molecule has 0 saturated heterocycles. The minimum absolute atomic E-state index is 0.938. The summed E-state index contributed by atoms with van der Waals surface area (Å²) in [4.78, 5) is 0. The molecule has 2 aromatic rings. The van der Waals surface area contributed by atoms with Crippen LogP contribution in [0.4, 0.5) is 0 Å². The van der Waals surface area contributed by atoms with E-state index in [1.165, 1.54) is 27.6 Å². The molecule has 19 heavy (non-hydrogen) atoms. The van der Waals surface area contributed by atoms with Gasteiger partial charge in [0.2, 0.25) is 0 Å². The van der Waals surface area contributed by atoms with Crippen molar-refractivity contribution in [2.75, 3.05) is 6.54 Å². The predicted octanol–water partition coefficient (Wildman–Crippen LogP) is 4.48. The van der Waals surface area contributed by atoms with Crippen LogP contribution in [0.1, 0.15) is 23.1 Å². The van der Waals surface area contributed by atoms with Crippen LogP contribution in [0.15, 0.2) is 53.0 Å². The largest absolute Gasteiger partial charge is 0.313 e. The van der Waals surface area contributed by atoms with Gasteiger partial charge in [0.25, 0.3) is 0 Å². The molecule has 0 saturated carbocycles. The Bertz CT molecular complexity index is 508. The van der Waals surface area contributed by atoms with Crippen LogP contribution >= 0.6 is 15.9 Å². The Kier molecular flexibility index (Phi) is 5.62. The molecular formula is C17H20BrN. The Labute approximate surface area is 124 Å². The summed E-state index contributed by atoms with van der Waals surface area (Å²) in [6.07, 6.45) is 2.32. The fraction of sp³-hybridized carbons (Fsp3) is 0.294. The number of nitrogens with one attached hydrogen (secondary N) is 1. The lowest BCUT2D eigenvalue weighted by Gasteiger charge is -2.07. The van der Waals surface area contributed by atoms with Crippen LogP contribution in [0.2, 0.25) is 0 Å². The van der Waals surface area contributed by atoms with Gasteiger partial charge in [-0.25, -0.2) is 0 Å². The molecule has 2 rings (SSSR count). The van der Waals surface area contributed by atoms with Crippen LogP contribution in [0.3, 0.4) is 0 Å². The summed E-state index contributed by atoms with van der Waals surface area (Å²) in [6.45, 7) is 4.11. The Morgan fingerprint density at radius 3 is 2.53 bits per heavy atom. The molecule has 100 valence electrons. The molecule has 0 unspecified atom stereocenters. The van der Waals surface area contributed by atoms with Crippen molar-refractivity contribution in [2.45, 2.75) is 26.3 Å². The first-order valence-corrected chi connectivity index (χ1v) is 7.54. The Morgan fingerprint density at radius 2 is 1.79 bits per heavy atom. The van der Waals surface area contributed by atoms with E-state index in [0.29, 0.717) is 0 Å². The molecule has 0 atom stereocenters. The number of benzene rings is 2. The van der Waals surface area contributed by atoms with Crippen LogP contribution in [0, 0.1) is 6.92 Å². The summed E-state index contributed by atoms with van der Waals surface area (Å²) in [6, 6.07) is 17.2. The first kappa shape index (κ1) is 14.3. The third-order valence-corrected chi connectivity index (χ3v) is 4.08. The van der Waals surface area contributed by atoms with Gasteiger partial charge in [-0.05, 0) is 49.1 Å². The summed E-state index contributed by atoms with van der Waals surface area (Å²) < 4.78 is 1.19. The van der Waals surface area contributed by atoms with E-state index in [9.17, 15) is 0 Å². The average molecular weight is 318 g/mol. The molecule has 1 N–H and O–H groups in total. The van der Waals surface area contributed by atoms with Crippen molar-refractivity contribution in [1.82, 2.24) is 5.32 Å². The van der Waals surface area contributed by atoms with Crippen molar-refractivity contribution in [2.24, 2.45) is 0 Å². The zero-order chi connectivity index (χ0) is 13.5. The standard InChI is InChI=1S/C17H20BrN/c1-14-9-10-16(12-17(14)18)13-19-11-5-8-15-6-3-2-4-7-15/h2-4,6-7,9-10,12,19H,5,8,11,13H2,1H3. The van der Waals surface area contributed by atoms with E-state index in [4.69, 9.17) is 0 Å². The molecule has 0 heterocycles. The fourth-order valence-corrected chi connectivity index (χ4v) is 2.47. The molecule has 0 bridgehead atoms. The van der Waals surface area contributed by atoms with Crippen molar-refractivity contribution in [3.63, 3.8) is 0 Å². The lowest BCUT2D eigenvalue weighted by molar-refractivity contribution is 0.649. The topological polar surface area (TPSA) is 12.0 Å². The summed E-state index contributed by atoms with van der Waals surface area (Å²) >= 11 is 3.57. The van der Waals surface area contributed by atoms with Gasteiger partial charge in [0.05, 0.1) is 0 Å². The third-order valence-electron chi connectivity index (χ3n) is 3.23. The maximum Gasteiger partial charge on any atom is 0.0207 e. The zero-order valence-corrected chi connectivity index (χ0v) is 12.9. The van der Waals surface area contributed by atoms with Crippen LogP contribution in [0.25, 0.3) is 0 Å². The van der Waals surface area contributed by atoms with Gasteiger partial charge in [-0.1, -0.05) is 58.4 Å². The summed E-state index contributed by atoms with van der Waals surface area (Å²) in [5.74, 6) is 0. The van der Waals surface area contributed by atoms with E-state index in [0.717, 1.165) is 19.5 Å². The van der Waals surface area contributed by atoms with Crippen molar-refractivity contribution in [1.29, 1.82) is 0 Å². The highest BCUT2D eigenvalue weighted by molar-refractivity contribution is 9.10. The summed E-state index contributed by atoms with van der Waals surface area (Å²) in [5.41, 5.74) is 4.03. The second-order valence-corrected chi connectivity index (χ2v) is 5.70. The monoisotopic (exact) mass is 317 g/mol. The van der Waals surface area contributed by atoms with E-state index in [-0.39, 0.29) is 0 Å². The molecule has 0 aromatic heterocycles. The second-order valence-electron chi connectivity index (χ2n) is 4.85. The molecule has 0 amide bonds. The van der Waals surface area contributed by atoms with Gasteiger partial charge in [-0.15, -0.1) is 0 Å². The normalized spacial score (nSPS) is 10.6. The highest BCUT2D eigenvalue weighted by atomic mass is 79.9. The molecule has 0 aliphatic rings. The molecule has 2 heteroatoms. The van der Waals surface area contributed by atoms with Crippen molar-refractivity contribution in [3.8, 4) is 0 Å². The molecular weight excluding hydrogens is 298 g/mol. The molecule has 0 radical (unpaired) electrons. The maximum atomic E-state index is 3.57. The third kappa shape index (κ3) is 4.81. The molecule has 0 aliphatic heterocycles. The van der Waals surface area contributed by atoms with Gasteiger partial charge >= 0.3 is 0 Å². The van der Waals surface area contributed by atoms with Crippen LogP contribution in [-0.2, 0) is 13.0 Å². The lowest BCUT2D eigenvalue weighted by atomic mass is 10.1. The van der Waals surface area contributed by atoms with E-state index in [1.54, 1.807) is 0 Å². The second kappa shape index (κ2) is 7.46. The predicted molar refractivity (Wildman–Crippen MR) is 85.3 cm³/mol. The average Bonchev–Trinajstić information content (AvgIpc) is 2.43. The number of hydrogen-bond donors (Lipinski definition) is 1. The van der Waals surface area contributed by atoms with E-state index < -0.39 is 0 Å². The minimum atomic E-state index is 0.938. The summed E-state index contributed by atoms with van der Waals surface area (Å²) in [7, 11) is 0. The fourth-order valence-electron chi connectivity index (χ4n) is 2.04. The lowest BCUT2D eigenvalue weighted by Crippen LogP contribution is -2.15. The van der Waals surface area contributed by atoms with Gasteiger partial charge in [0.15, 0.2) is 0 Å². The SMILES string of the molecule is Cc1ccc(CNCCCc2ccccc2)cc1Br. The van der Waals surface area contributed by atoms with Gasteiger partial charge in [0, 0.05) is 11.0 Å². The van der Waals surface area contributed by atoms with Crippen LogP contribution in [-0.4, -0.2) is 6.54 Å². The quantitative estimate of drug-likeness (QED) is 0.774. The molecule has 0 aliphatic carbocycles. The van der Waals surface area contributed by atoms with E-state index in [1.807, 2.05) is 0 Å². The Balaban J connectivity index is 1.68. The van der Waals surface area contributed by atoms with Crippen molar-refractivity contribution in [3.05, 3.63) is 69.7 Å². The maximum absolute atomic E-state index is 3.57. The molecule has 0 fully saturated rings. The Hall–Kier alpha value is -1.12. The number of halogens is 1. The molecule has 2 aromatic carbocycles. The van der Waals surface area contributed by atoms with Crippen LogP contribution < -0.4 is 5.32 Å². The van der Waals surface area contributed by atoms with Gasteiger partial charge in [-0.2, -0.15) is 0 Å². The number of rotatable bonds is 6. The van der Waals surface area contributed by atoms with Gasteiger partial charge in [-0.3, -0.25) is 0 Å². The van der Waals surface area contributed by atoms with E-state index in [2.05, 4.69) is 76.7 Å². The number of hydrogen-bond acceptors (Lipinski definition) is 1.